The van der Waals surface area contributed by atoms with Crippen LogP contribution in [0.2, 0.25) is 0 Å². The normalized spacial score (nSPS) is 14.2. The first-order chi connectivity index (χ1) is 17.4. The van der Waals surface area contributed by atoms with Crippen molar-refractivity contribution < 1.29 is 19.3 Å². The number of H-pyrrole nitrogens is 1. The third-order valence-corrected chi connectivity index (χ3v) is 6.30. The average Bonchev–Trinajstić information content (AvgIpc) is 3.34. The number of carbonyl (C=O) groups excluding carboxylic acids is 3. The van der Waals surface area contributed by atoms with E-state index < -0.39 is 10.8 Å². The minimum Gasteiger partial charge on any atom is -0.368 e. The summed E-state index contributed by atoms with van der Waals surface area (Å²) in [6, 6.07) is 11.8. The Kier molecular flexibility index (Phi) is 6.95. The molecular weight excluding hydrogens is 462 g/mol. The molecule has 1 fully saturated rings. The number of para-hydroxylation sites is 1. The Balaban J connectivity index is 1.87. The highest BCUT2D eigenvalue weighted by atomic mass is 16.6. The number of amides is 2. The molecule has 0 aliphatic carbocycles. The third kappa shape index (κ3) is 4.48. The van der Waals surface area contributed by atoms with Gasteiger partial charge in [0.25, 0.3) is 11.6 Å². The van der Waals surface area contributed by atoms with E-state index in [1.165, 1.54) is 19.2 Å². The van der Waals surface area contributed by atoms with Crippen molar-refractivity contribution in [3.8, 4) is 0 Å². The van der Waals surface area contributed by atoms with E-state index in [-0.39, 0.29) is 28.3 Å². The number of aldehydes is 1. The molecule has 2 aromatic carbocycles. The van der Waals surface area contributed by atoms with Crippen LogP contribution < -0.4 is 10.2 Å². The Morgan fingerprint density at radius 3 is 2.47 bits per heavy atom. The molecule has 1 aliphatic rings. The summed E-state index contributed by atoms with van der Waals surface area (Å²) < 4.78 is 0. The van der Waals surface area contributed by atoms with Gasteiger partial charge in [-0.2, -0.15) is 0 Å². The largest absolute Gasteiger partial charge is 0.368 e. The lowest BCUT2D eigenvalue weighted by Gasteiger charge is -2.35. The van der Waals surface area contributed by atoms with E-state index in [1.54, 1.807) is 29.3 Å². The Morgan fingerprint density at radius 2 is 1.83 bits per heavy atom. The number of nitrogens with zero attached hydrogens (tertiary/aromatic N) is 3. The summed E-state index contributed by atoms with van der Waals surface area (Å²) in [5.74, 6) is -0.776. The lowest BCUT2D eigenvalue weighted by molar-refractivity contribution is -0.385. The minimum atomic E-state index is -0.621. The number of benzene rings is 2. The van der Waals surface area contributed by atoms with Gasteiger partial charge in [-0.3, -0.25) is 24.5 Å². The zero-order valence-electron chi connectivity index (χ0n) is 19.7. The molecule has 10 heteroatoms. The Morgan fingerprint density at radius 1 is 1.11 bits per heavy atom. The van der Waals surface area contributed by atoms with Gasteiger partial charge in [0.15, 0.2) is 6.29 Å². The molecule has 3 aromatic rings. The number of likely N-dealkylation sites (N-methyl/N-ethyl adjacent to an activating group) is 1. The number of hydrogen-bond acceptors (Lipinski definition) is 6. The molecule has 0 saturated carbocycles. The molecule has 184 valence electrons. The number of piperazine rings is 1. The third-order valence-electron chi connectivity index (χ3n) is 6.30. The van der Waals surface area contributed by atoms with Gasteiger partial charge in [-0.25, -0.2) is 0 Å². The Labute approximate surface area is 207 Å². The summed E-state index contributed by atoms with van der Waals surface area (Å²) in [7, 11) is 1.41. The number of rotatable bonds is 7. The predicted octanol–water partition coefficient (Wildman–Crippen LogP) is 2.77. The monoisotopic (exact) mass is 487 g/mol. The van der Waals surface area contributed by atoms with E-state index in [0.29, 0.717) is 49.1 Å². The molecule has 0 spiro atoms. The molecule has 0 unspecified atom stereocenters. The average molecular weight is 488 g/mol. The molecule has 0 bridgehead atoms. The summed E-state index contributed by atoms with van der Waals surface area (Å²) >= 11 is 0. The molecule has 0 radical (unpaired) electrons. The Hall–Kier alpha value is -4.73. The van der Waals surface area contributed by atoms with Crippen molar-refractivity contribution in [2.75, 3.05) is 38.1 Å². The highest BCUT2D eigenvalue weighted by Crippen LogP contribution is 2.36. The topological polar surface area (TPSA) is 129 Å². The first kappa shape index (κ1) is 24.4. The lowest BCUT2D eigenvalue weighted by atomic mass is 9.92. The molecule has 10 nitrogen and oxygen atoms in total. The van der Waals surface area contributed by atoms with Crippen LogP contribution >= 0.6 is 0 Å². The Bertz CT molecular complexity index is 1400. The zero-order valence-corrected chi connectivity index (χ0v) is 19.7. The number of nitro groups is 1. The fourth-order valence-electron chi connectivity index (χ4n) is 4.46. The van der Waals surface area contributed by atoms with Gasteiger partial charge in [-0.15, -0.1) is 0 Å². The van der Waals surface area contributed by atoms with Crippen molar-refractivity contribution in [2.24, 2.45) is 0 Å². The second-order valence-electron chi connectivity index (χ2n) is 8.21. The first-order valence-electron chi connectivity index (χ1n) is 11.3. The van der Waals surface area contributed by atoms with Crippen molar-refractivity contribution >= 4 is 51.5 Å². The quantitative estimate of drug-likeness (QED) is 0.228. The number of allylic oxidation sites excluding steroid dienone is 1. The van der Waals surface area contributed by atoms with E-state index in [9.17, 15) is 24.5 Å². The number of hydrogen-bond donors (Lipinski definition) is 2. The maximum absolute atomic E-state index is 13.1. The van der Waals surface area contributed by atoms with E-state index in [1.807, 2.05) is 23.1 Å². The van der Waals surface area contributed by atoms with Crippen molar-refractivity contribution in [3.63, 3.8) is 0 Å². The molecule has 2 N–H and O–H groups in total. The summed E-state index contributed by atoms with van der Waals surface area (Å²) in [4.78, 5) is 55.6. The summed E-state index contributed by atoms with van der Waals surface area (Å²) in [6.07, 6.45) is 3.44. The molecule has 4 rings (SSSR count). The molecule has 1 aromatic heterocycles. The number of aromatic nitrogens is 1. The highest BCUT2D eigenvalue weighted by molar-refractivity contribution is 6.37. The van der Waals surface area contributed by atoms with Crippen LogP contribution in [0, 0.1) is 10.1 Å². The highest BCUT2D eigenvalue weighted by Gasteiger charge is 2.28. The fraction of sp³-hybridized carbons (Fsp3) is 0.192. The number of fused-ring (bicyclic) bond motifs is 1. The molecule has 2 amide bonds. The molecule has 36 heavy (non-hydrogen) atoms. The second kappa shape index (κ2) is 10.3. The molecule has 1 saturated heterocycles. The van der Waals surface area contributed by atoms with Crippen LogP contribution in [0.25, 0.3) is 22.0 Å². The van der Waals surface area contributed by atoms with Crippen LogP contribution in [0.15, 0.2) is 61.3 Å². The lowest BCUT2D eigenvalue weighted by Crippen LogP contribution is -2.48. The molecule has 0 atom stereocenters. The maximum atomic E-state index is 13.1. The molecule has 2 heterocycles. The van der Waals surface area contributed by atoms with Gasteiger partial charge in [-0.1, -0.05) is 24.8 Å². The first-order valence-corrected chi connectivity index (χ1v) is 11.3. The van der Waals surface area contributed by atoms with Crippen LogP contribution in [-0.4, -0.2) is 66.1 Å². The van der Waals surface area contributed by atoms with Crippen molar-refractivity contribution in [3.05, 3.63) is 82.6 Å². The standard InChI is InChI=1S/C26H25N5O5/c1-3-24(33)30-12-10-29(11-13-30)17-8-9-23(31(35)36)19(14-17)25(26(34)27-2)21(16-32)20-15-28-22-7-5-4-6-18(20)22/h3-9,14-16,28H,1,10-13H2,2H3,(H,27,34)/b25-21+. The van der Waals surface area contributed by atoms with Crippen molar-refractivity contribution in [2.45, 2.75) is 0 Å². The number of nitro benzene ring substituents is 1. The second-order valence-corrected chi connectivity index (χ2v) is 8.21. The van der Waals surface area contributed by atoms with Crippen LogP contribution in [0.4, 0.5) is 11.4 Å². The summed E-state index contributed by atoms with van der Waals surface area (Å²) in [5.41, 5.74) is 1.56. The fourth-order valence-corrected chi connectivity index (χ4v) is 4.46. The van der Waals surface area contributed by atoms with Gasteiger partial charge in [0.2, 0.25) is 5.91 Å². The number of aromatic amines is 1. The number of carbonyl (C=O) groups is 3. The van der Waals surface area contributed by atoms with Gasteiger partial charge >= 0.3 is 0 Å². The van der Waals surface area contributed by atoms with Crippen LogP contribution in [-0.2, 0) is 14.4 Å². The van der Waals surface area contributed by atoms with Gasteiger partial charge in [0, 0.05) is 73.2 Å². The molecule has 1 aliphatic heterocycles. The van der Waals surface area contributed by atoms with E-state index in [2.05, 4.69) is 16.9 Å². The van der Waals surface area contributed by atoms with Gasteiger partial charge in [0.1, 0.15) is 0 Å². The smallest absolute Gasteiger partial charge is 0.277 e. The minimum absolute atomic E-state index is 0.0356. The van der Waals surface area contributed by atoms with Crippen molar-refractivity contribution in [1.82, 2.24) is 15.2 Å². The summed E-state index contributed by atoms with van der Waals surface area (Å²) in [6.45, 7) is 5.44. The maximum Gasteiger partial charge on any atom is 0.277 e. The molecular formula is C26H25N5O5. The van der Waals surface area contributed by atoms with Gasteiger partial charge < -0.3 is 20.1 Å². The SMILES string of the molecule is C=CC(=O)N1CCN(c2ccc([N+](=O)[O-])c(/C(C(=O)NC)=C(/C=O)c3c[nH]c4ccccc34)c2)CC1. The van der Waals surface area contributed by atoms with E-state index in [0.717, 1.165) is 5.52 Å². The van der Waals surface area contributed by atoms with Crippen LogP contribution in [0.3, 0.4) is 0 Å². The van der Waals surface area contributed by atoms with E-state index >= 15 is 0 Å². The summed E-state index contributed by atoms with van der Waals surface area (Å²) in [5, 5.41) is 15.2. The zero-order chi connectivity index (χ0) is 25.8. The van der Waals surface area contributed by atoms with Gasteiger partial charge in [-0.05, 0) is 24.3 Å². The van der Waals surface area contributed by atoms with Crippen LogP contribution in [0.5, 0.6) is 0 Å². The van der Waals surface area contributed by atoms with Gasteiger partial charge in [0.05, 0.1) is 16.1 Å². The number of anilines is 1. The van der Waals surface area contributed by atoms with Crippen LogP contribution in [0.1, 0.15) is 11.1 Å². The number of nitrogens with one attached hydrogen (secondary N) is 2. The predicted molar refractivity (Wildman–Crippen MR) is 137 cm³/mol. The van der Waals surface area contributed by atoms with E-state index in [4.69, 9.17) is 0 Å². The van der Waals surface area contributed by atoms with Crippen molar-refractivity contribution in [1.29, 1.82) is 0 Å².